The van der Waals surface area contributed by atoms with Gasteiger partial charge >= 0.3 is 0 Å². The molecule has 2 aromatic rings. The quantitative estimate of drug-likeness (QED) is 0.886. The van der Waals surface area contributed by atoms with Crippen molar-refractivity contribution in [3.05, 3.63) is 40.5 Å². The molecule has 0 unspecified atom stereocenters. The van der Waals surface area contributed by atoms with Crippen LogP contribution in [0, 0.1) is 5.82 Å². The van der Waals surface area contributed by atoms with Crippen molar-refractivity contribution in [2.24, 2.45) is 0 Å². The fraction of sp³-hybridized carbons (Fsp3) is 0.400. The zero-order chi connectivity index (χ0) is 14.8. The van der Waals surface area contributed by atoms with Crippen LogP contribution in [0.25, 0.3) is 11.3 Å². The summed E-state index contributed by atoms with van der Waals surface area (Å²) in [4.78, 5) is 7.63. The van der Waals surface area contributed by atoms with Crippen LogP contribution >= 0.6 is 15.9 Å². The number of halogens is 2. The van der Waals surface area contributed by atoms with Gasteiger partial charge in [-0.05, 0) is 54.9 Å². The van der Waals surface area contributed by atoms with Gasteiger partial charge in [0, 0.05) is 24.1 Å². The van der Waals surface area contributed by atoms with E-state index in [9.17, 15) is 4.39 Å². The van der Waals surface area contributed by atoms with E-state index in [1.165, 1.54) is 6.07 Å². The van der Waals surface area contributed by atoms with Crippen LogP contribution in [0.3, 0.4) is 0 Å². The second kappa shape index (κ2) is 6.06. The Hall–Kier alpha value is -1.20. The van der Waals surface area contributed by atoms with Gasteiger partial charge in [0.15, 0.2) is 0 Å². The van der Waals surface area contributed by atoms with E-state index >= 15 is 0 Å². The first-order valence-electron chi connectivity index (χ1n) is 6.59. The number of hydrogen-bond acceptors (Lipinski definition) is 2. The lowest BCUT2D eigenvalue weighted by Gasteiger charge is -2.19. The van der Waals surface area contributed by atoms with Crippen LogP contribution in [0.5, 0.6) is 0 Å². The van der Waals surface area contributed by atoms with Crippen LogP contribution in [-0.4, -0.2) is 22.1 Å². The second-order valence-corrected chi connectivity index (χ2v) is 6.65. The first-order valence-corrected chi connectivity index (χ1v) is 7.39. The molecule has 0 aliphatic rings. The molecule has 2 rings (SSSR count). The minimum absolute atomic E-state index is 0.108. The molecule has 0 radical (unpaired) electrons. The van der Waals surface area contributed by atoms with Gasteiger partial charge in [-0.25, -0.2) is 9.37 Å². The van der Waals surface area contributed by atoms with Crippen LogP contribution in [0.2, 0.25) is 0 Å². The predicted octanol–water partition coefficient (Wildman–Crippen LogP) is 3.91. The summed E-state index contributed by atoms with van der Waals surface area (Å²) in [5.74, 6) is 0.667. The lowest BCUT2D eigenvalue weighted by molar-refractivity contribution is 0.427. The third kappa shape index (κ3) is 4.15. The molecule has 2 N–H and O–H groups in total. The summed E-state index contributed by atoms with van der Waals surface area (Å²) in [5, 5.41) is 3.42. The molecule has 0 saturated heterocycles. The minimum atomic E-state index is -0.261. The Kier molecular flexibility index (Phi) is 4.60. The third-order valence-corrected chi connectivity index (χ3v) is 3.48. The maximum absolute atomic E-state index is 13.2. The monoisotopic (exact) mass is 339 g/mol. The van der Waals surface area contributed by atoms with Gasteiger partial charge in [0.05, 0.1) is 16.4 Å². The molecular formula is C15H19BrFN3. The summed E-state index contributed by atoms with van der Waals surface area (Å²) in [7, 11) is 0. The molecule has 5 heteroatoms. The Morgan fingerprint density at radius 2 is 2.10 bits per heavy atom. The largest absolute Gasteiger partial charge is 0.342 e. The highest BCUT2D eigenvalue weighted by Crippen LogP contribution is 2.23. The van der Waals surface area contributed by atoms with Crippen LogP contribution in [0.15, 0.2) is 28.9 Å². The fourth-order valence-corrected chi connectivity index (χ4v) is 2.23. The van der Waals surface area contributed by atoms with Gasteiger partial charge in [-0.3, -0.25) is 0 Å². The number of imidazole rings is 1. The number of nitrogens with one attached hydrogen (secondary N) is 2. The number of benzene rings is 1. The number of nitrogens with zero attached hydrogens (tertiary/aromatic N) is 1. The van der Waals surface area contributed by atoms with E-state index in [1.54, 1.807) is 18.3 Å². The first kappa shape index (κ1) is 15.2. The average molecular weight is 340 g/mol. The van der Waals surface area contributed by atoms with Crippen LogP contribution in [0.1, 0.15) is 26.6 Å². The van der Waals surface area contributed by atoms with Gasteiger partial charge in [0.1, 0.15) is 11.6 Å². The lowest BCUT2D eigenvalue weighted by atomic mass is 10.1. The number of rotatable bonds is 4. The number of hydrogen-bond donors (Lipinski definition) is 2. The molecule has 0 spiro atoms. The smallest absolute Gasteiger partial charge is 0.137 e. The van der Waals surface area contributed by atoms with Crippen molar-refractivity contribution >= 4 is 15.9 Å². The Bertz CT molecular complexity index is 587. The molecule has 0 aliphatic carbocycles. The number of H-pyrrole nitrogens is 1. The van der Waals surface area contributed by atoms with E-state index in [0.29, 0.717) is 4.47 Å². The van der Waals surface area contributed by atoms with Crippen LogP contribution in [0.4, 0.5) is 4.39 Å². The average Bonchev–Trinajstić information content (AvgIpc) is 2.80. The molecule has 0 atom stereocenters. The van der Waals surface area contributed by atoms with Gasteiger partial charge in [-0.2, -0.15) is 0 Å². The zero-order valence-corrected chi connectivity index (χ0v) is 13.5. The molecular weight excluding hydrogens is 321 g/mol. The van der Waals surface area contributed by atoms with Crippen LogP contribution < -0.4 is 5.32 Å². The highest BCUT2D eigenvalue weighted by molar-refractivity contribution is 9.10. The number of aromatic amines is 1. The molecule has 0 amide bonds. The normalized spacial score (nSPS) is 11.8. The maximum atomic E-state index is 13.2. The molecule has 20 heavy (non-hydrogen) atoms. The SMILES string of the molecule is CC(C)(C)NCCc1ncc(-c2ccc(F)c(Br)c2)[nH]1. The van der Waals surface area contributed by atoms with Crippen molar-refractivity contribution in [1.82, 2.24) is 15.3 Å². The molecule has 3 nitrogen and oxygen atoms in total. The van der Waals surface area contributed by atoms with Gasteiger partial charge in [-0.15, -0.1) is 0 Å². The molecule has 0 bridgehead atoms. The Morgan fingerprint density at radius 3 is 2.75 bits per heavy atom. The topological polar surface area (TPSA) is 40.7 Å². The van der Waals surface area contributed by atoms with E-state index in [0.717, 1.165) is 30.0 Å². The van der Waals surface area contributed by atoms with Crippen molar-refractivity contribution < 1.29 is 4.39 Å². The summed E-state index contributed by atoms with van der Waals surface area (Å²) in [5.41, 5.74) is 1.93. The van der Waals surface area contributed by atoms with E-state index < -0.39 is 0 Å². The van der Waals surface area contributed by atoms with E-state index in [2.05, 4.69) is 52.0 Å². The highest BCUT2D eigenvalue weighted by atomic mass is 79.9. The predicted molar refractivity (Wildman–Crippen MR) is 83.1 cm³/mol. The molecule has 108 valence electrons. The summed E-state index contributed by atoms with van der Waals surface area (Å²) < 4.78 is 13.7. The van der Waals surface area contributed by atoms with Crippen molar-refractivity contribution in [3.63, 3.8) is 0 Å². The Labute approximate surface area is 127 Å². The van der Waals surface area contributed by atoms with E-state index in [4.69, 9.17) is 0 Å². The molecule has 1 aromatic carbocycles. The molecule has 0 aliphatic heterocycles. The molecule has 1 aromatic heterocycles. The maximum Gasteiger partial charge on any atom is 0.137 e. The lowest BCUT2D eigenvalue weighted by Crippen LogP contribution is -2.37. The highest BCUT2D eigenvalue weighted by Gasteiger charge is 2.09. The standard InChI is InChI=1S/C15H19BrFN3/c1-15(2,3)19-7-6-14-18-9-13(20-14)10-4-5-12(17)11(16)8-10/h4-5,8-9,19H,6-7H2,1-3H3,(H,18,20). The molecule has 0 saturated carbocycles. The summed E-state index contributed by atoms with van der Waals surface area (Å²) in [6, 6.07) is 4.94. The van der Waals surface area contributed by atoms with Crippen molar-refractivity contribution in [1.29, 1.82) is 0 Å². The third-order valence-electron chi connectivity index (χ3n) is 2.88. The summed E-state index contributed by atoms with van der Waals surface area (Å²) in [6.45, 7) is 7.27. The van der Waals surface area contributed by atoms with Gasteiger partial charge < -0.3 is 10.3 Å². The van der Waals surface area contributed by atoms with Crippen molar-refractivity contribution in [2.75, 3.05) is 6.54 Å². The van der Waals surface area contributed by atoms with Gasteiger partial charge in [0.25, 0.3) is 0 Å². The Balaban J connectivity index is 2.03. The molecule has 0 fully saturated rings. The number of aromatic nitrogens is 2. The fourth-order valence-electron chi connectivity index (χ4n) is 1.86. The minimum Gasteiger partial charge on any atom is -0.342 e. The van der Waals surface area contributed by atoms with Crippen LogP contribution in [-0.2, 0) is 6.42 Å². The van der Waals surface area contributed by atoms with E-state index in [-0.39, 0.29) is 11.4 Å². The van der Waals surface area contributed by atoms with Crippen molar-refractivity contribution in [2.45, 2.75) is 32.7 Å². The second-order valence-electron chi connectivity index (χ2n) is 5.80. The Morgan fingerprint density at radius 1 is 1.35 bits per heavy atom. The first-order chi connectivity index (χ1) is 9.35. The summed E-state index contributed by atoms with van der Waals surface area (Å²) in [6.07, 6.45) is 2.62. The van der Waals surface area contributed by atoms with Crippen molar-refractivity contribution in [3.8, 4) is 11.3 Å². The van der Waals surface area contributed by atoms with Gasteiger partial charge in [-0.1, -0.05) is 0 Å². The molecule has 1 heterocycles. The summed E-state index contributed by atoms with van der Waals surface area (Å²) >= 11 is 3.19. The van der Waals surface area contributed by atoms with E-state index in [1.807, 2.05) is 0 Å². The van der Waals surface area contributed by atoms with Gasteiger partial charge in [0.2, 0.25) is 0 Å². The zero-order valence-electron chi connectivity index (χ0n) is 11.9.